The molecule has 0 atom stereocenters. The summed E-state index contributed by atoms with van der Waals surface area (Å²) in [5.41, 5.74) is 2.26. The van der Waals surface area contributed by atoms with E-state index >= 15 is 0 Å². The summed E-state index contributed by atoms with van der Waals surface area (Å²) < 4.78 is 1.56. The molecular formula is C9H12N6OS. The molecule has 2 rings (SSSR count). The van der Waals surface area contributed by atoms with Gasteiger partial charge in [0.05, 0.1) is 0 Å². The Morgan fingerprint density at radius 2 is 2.47 bits per heavy atom. The van der Waals surface area contributed by atoms with Gasteiger partial charge >= 0.3 is 5.69 Å². The van der Waals surface area contributed by atoms with E-state index in [0.29, 0.717) is 17.5 Å². The molecular weight excluding hydrogens is 240 g/mol. The van der Waals surface area contributed by atoms with Gasteiger partial charge in [0, 0.05) is 17.6 Å². The van der Waals surface area contributed by atoms with E-state index in [1.807, 2.05) is 13.0 Å². The molecule has 7 nitrogen and oxygen atoms in total. The first-order chi connectivity index (χ1) is 8.24. The Balaban J connectivity index is 2.28. The molecule has 0 spiro atoms. The van der Waals surface area contributed by atoms with Crippen molar-refractivity contribution in [3.8, 4) is 0 Å². The van der Waals surface area contributed by atoms with Crippen molar-refractivity contribution in [2.75, 3.05) is 5.43 Å². The molecule has 90 valence electrons. The lowest BCUT2D eigenvalue weighted by Gasteiger charge is -2.03. The summed E-state index contributed by atoms with van der Waals surface area (Å²) in [5, 5.41) is 6.99. The van der Waals surface area contributed by atoms with E-state index < -0.39 is 0 Å². The van der Waals surface area contributed by atoms with Gasteiger partial charge in [-0.05, 0) is 30.8 Å². The van der Waals surface area contributed by atoms with Crippen LogP contribution in [-0.2, 0) is 6.54 Å². The van der Waals surface area contributed by atoms with Gasteiger partial charge in [-0.2, -0.15) is 0 Å². The van der Waals surface area contributed by atoms with Gasteiger partial charge in [-0.3, -0.25) is 4.57 Å². The van der Waals surface area contributed by atoms with Crippen LogP contribution < -0.4 is 17.0 Å². The molecule has 0 aliphatic heterocycles. The van der Waals surface area contributed by atoms with Crippen LogP contribution in [0, 0.1) is 0 Å². The van der Waals surface area contributed by atoms with Crippen LogP contribution in [0.2, 0.25) is 0 Å². The minimum Gasteiger partial charge on any atom is -0.308 e. The maximum absolute atomic E-state index is 11.4. The third-order valence-corrected chi connectivity index (χ3v) is 3.11. The Morgan fingerprint density at radius 3 is 3.18 bits per heavy atom. The van der Waals surface area contributed by atoms with Gasteiger partial charge in [-0.1, -0.05) is 0 Å². The van der Waals surface area contributed by atoms with Gasteiger partial charge in [0.25, 0.3) is 0 Å². The number of rotatable bonds is 4. The number of pyridine rings is 1. The van der Waals surface area contributed by atoms with Crippen LogP contribution in [0.4, 0.5) is 5.82 Å². The second-order valence-electron chi connectivity index (χ2n) is 3.18. The number of aromatic amines is 1. The number of nitrogen functional groups attached to an aromatic ring is 1. The zero-order valence-corrected chi connectivity index (χ0v) is 9.99. The summed E-state index contributed by atoms with van der Waals surface area (Å²) in [7, 11) is 0. The number of nitrogens with one attached hydrogen (secondary N) is 2. The smallest absolute Gasteiger partial charge is 0.308 e. The molecule has 0 radical (unpaired) electrons. The van der Waals surface area contributed by atoms with Gasteiger partial charge < -0.3 is 5.43 Å². The summed E-state index contributed by atoms with van der Waals surface area (Å²) in [6.45, 7) is 2.46. The Labute approximate surface area is 101 Å². The maximum atomic E-state index is 11.4. The maximum Gasteiger partial charge on any atom is 0.343 e. The zero-order valence-electron chi connectivity index (χ0n) is 9.17. The number of nitrogens with zero attached hydrogens (tertiary/aromatic N) is 3. The van der Waals surface area contributed by atoms with Crippen LogP contribution in [-0.4, -0.2) is 19.7 Å². The number of anilines is 1. The van der Waals surface area contributed by atoms with Crippen molar-refractivity contribution < 1.29 is 0 Å². The number of nitrogens with two attached hydrogens (primary N) is 1. The molecule has 0 aliphatic rings. The summed E-state index contributed by atoms with van der Waals surface area (Å²) in [4.78, 5) is 16.3. The number of hydrazine groups is 1. The quantitative estimate of drug-likeness (QED) is 0.538. The van der Waals surface area contributed by atoms with Crippen LogP contribution >= 0.6 is 11.8 Å². The Hall–Kier alpha value is -1.80. The van der Waals surface area contributed by atoms with E-state index in [1.54, 1.807) is 16.8 Å². The lowest BCUT2D eigenvalue weighted by Crippen LogP contribution is -2.16. The van der Waals surface area contributed by atoms with Crippen molar-refractivity contribution in [3.05, 3.63) is 28.8 Å². The molecule has 0 aliphatic carbocycles. The van der Waals surface area contributed by atoms with E-state index in [0.717, 1.165) is 4.90 Å². The van der Waals surface area contributed by atoms with Crippen molar-refractivity contribution in [2.45, 2.75) is 23.5 Å². The average Bonchev–Trinajstić information content (AvgIpc) is 2.70. The van der Waals surface area contributed by atoms with E-state index in [1.165, 1.54) is 11.8 Å². The molecule has 4 N–H and O–H groups in total. The molecule has 0 saturated heterocycles. The molecule has 0 bridgehead atoms. The van der Waals surface area contributed by atoms with E-state index in [9.17, 15) is 4.79 Å². The van der Waals surface area contributed by atoms with Crippen molar-refractivity contribution in [1.82, 2.24) is 19.7 Å². The summed E-state index contributed by atoms with van der Waals surface area (Å²) in [6, 6.07) is 3.61. The minimum absolute atomic E-state index is 0.207. The van der Waals surface area contributed by atoms with Gasteiger partial charge in [-0.15, -0.1) is 5.10 Å². The summed E-state index contributed by atoms with van der Waals surface area (Å²) >= 11 is 1.37. The van der Waals surface area contributed by atoms with E-state index in [4.69, 9.17) is 5.84 Å². The molecule has 0 aromatic carbocycles. The molecule has 2 heterocycles. The fourth-order valence-corrected chi connectivity index (χ4v) is 2.24. The van der Waals surface area contributed by atoms with Gasteiger partial charge in [0.1, 0.15) is 5.82 Å². The normalized spacial score (nSPS) is 10.5. The monoisotopic (exact) mass is 252 g/mol. The first-order valence-electron chi connectivity index (χ1n) is 5.00. The predicted octanol–water partition coefficient (Wildman–Crippen LogP) is 0.423. The molecule has 2 aromatic heterocycles. The Morgan fingerprint density at radius 1 is 1.65 bits per heavy atom. The average molecular weight is 252 g/mol. The first kappa shape index (κ1) is 11.7. The van der Waals surface area contributed by atoms with Crippen LogP contribution in [0.1, 0.15) is 6.92 Å². The van der Waals surface area contributed by atoms with Gasteiger partial charge in [-0.25, -0.2) is 20.7 Å². The van der Waals surface area contributed by atoms with Crippen molar-refractivity contribution >= 4 is 17.6 Å². The van der Waals surface area contributed by atoms with Crippen LogP contribution in [0.5, 0.6) is 0 Å². The number of hydrogen-bond donors (Lipinski definition) is 3. The molecule has 17 heavy (non-hydrogen) atoms. The van der Waals surface area contributed by atoms with Crippen LogP contribution in [0.15, 0.2) is 33.2 Å². The highest BCUT2D eigenvalue weighted by atomic mass is 32.2. The SMILES string of the molecule is CCn1c(Sc2ccnc(NN)c2)n[nH]c1=O. The lowest BCUT2D eigenvalue weighted by atomic mass is 10.5. The molecule has 0 unspecified atom stereocenters. The fraction of sp³-hybridized carbons (Fsp3) is 0.222. The second-order valence-corrected chi connectivity index (χ2v) is 4.22. The minimum atomic E-state index is -0.207. The highest BCUT2D eigenvalue weighted by molar-refractivity contribution is 7.99. The summed E-state index contributed by atoms with van der Waals surface area (Å²) in [6.07, 6.45) is 1.64. The van der Waals surface area contributed by atoms with Crippen LogP contribution in [0.25, 0.3) is 0 Å². The van der Waals surface area contributed by atoms with Gasteiger partial charge in [0.2, 0.25) is 0 Å². The topological polar surface area (TPSA) is 102 Å². The Kier molecular flexibility index (Phi) is 3.45. The third kappa shape index (κ3) is 2.48. The number of H-pyrrole nitrogens is 1. The van der Waals surface area contributed by atoms with Crippen molar-refractivity contribution in [3.63, 3.8) is 0 Å². The molecule has 2 aromatic rings. The number of aromatic nitrogens is 4. The van der Waals surface area contributed by atoms with E-state index in [-0.39, 0.29) is 5.69 Å². The van der Waals surface area contributed by atoms with E-state index in [2.05, 4.69) is 20.6 Å². The number of hydrogen-bond acceptors (Lipinski definition) is 6. The second kappa shape index (κ2) is 5.02. The first-order valence-corrected chi connectivity index (χ1v) is 5.82. The molecule has 0 saturated carbocycles. The Bertz CT molecular complexity index is 563. The highest BCUT2D eigenvalue weighted by Gasteiger charge is 2.08. The fourth-order valence-electron chi connectivity index (χ4n) is 1.32. The lowest BCUT2D eigenvalue weighted by molar-refractivity contribution is 0.660. The highest BCUT2D eigenvalue weighted by Crippen LogP contribution is 2.25. The standard InChI is InChI=1S/C9H12N6OS/c1-2-15-8(16)13-14-9(15)17-6-3-4-11-7(5-6)12-10/h3-5H,2,10H2,1H3,(H,11,12)(H,13,16). The van der Waals surface area contributed by atoms with Crippen LogP contribution in [0.3, 0.4) is 0 Å². The molecule has 8 heteroatoms. The van der Waals surface area contributed by atoms with Crippen molar-refractivity contribution in [2.24, 2.45) is 5.84 Å². The largest absolute Gasteiger partial charge is 0.343 e. The predicted molar refractivity (Wildman–Crippen MR) is 64.7 cm³/mol. The van der Waals surface area contributed by atoms with Crippen molar-refractivity contribution in [1.29, 1.82) is 0 Å². The molecule has 0 amide bonds. The zero-order chi connectivity index (χ0) is 12.3. The molecule has 0 fully saturated rings. The van der Waals surface area contributed by atoms with Gasteiger partial charge in [0.15, 0.2) is 5.16 Å². The summed E-state index contributed by atoms with van der Waals surface area (Å²) in [5.74, 6) is 5.84. The third-order valence-electron chi connectivity index (χ3n) is 2.13.